The van der Waals surface area contributed by atoms with E-state index >= 15 is 0 Å². The highest BCUT2D eigenvalue weighted by Gasteiger charge is 2.49. The quantitative estimate of drug-likeness (QED) is 0.831. The van der Waals surface area contributed by atoms with Gasteiger partial charge in [-0.3, -0.25) is 0 Å². The molecule has 3 atom stereocenters. The monoisotopic (exact) mass is 261 g/mol. The van der Waals surface area contributed by atoms with Gasteiger partial charge in [-0.15, -0.1) is 5.10 Å². The molecule has 0 radical (unpaired) electrons. The number of aryl methyl sites for hydroxylation is 1. The second kappa shape index (κ2) is 4.92. The van der Waals surface area contributed by atoms with Crippen molar-refractivity contribution < 1.29 is 0 Å². The van der Waals surface area contributed by atoms with Gasteiger partial charge in [-0.25, -0.2) is 4.68 Å². The average molecular weight is 261 g/mol. The van der Waals surface area contributed by atoms with Crippen LogP contribution in [0.4, 0.5) is 0 Å². The van der Waals surface area contributed by atoms with Crippen LogP contribution in [0, 0.1) is 23.7 Å². The molecule has 2 aliphatic carbocycles. The Balaban J connectivity index is 1.72. The van der Waals surface area contributed by atoms with Crippen LogP contribution in [0.2, 0.25) is 0 Å². The van der Waals surface area contributed by atoms with Crippen LogP contribution >= 0.6 is 0 Å². The number of nitrogens with zero attached hydrogens (tertiary/aromatic N) is 3. The first-order valence-corrected chi connectivity index (χ1v) is 8.00. The van der Waals surface area contributed by atoms with E-state index in [2.05, 4.69) is 42.7 Å². The van der Waals surface area contributed by atoms with Gasteiger partial charge in [-0.05, 0) is 69.6 Å². The van der Waals surface area contributed by atoms with E-state index in [1.54, 1.807) is 0 Å². The number of aromatic nitrogens is 3. The van der Waals surface area contributed by atoms with Crippen LogP contribution in [0.25, 0.3) is 0 Å². The van der Waals surface area contributed by atoms with Gasteiger partial charge >= 0.3 is 0 Å². The lowest BCUT2D eigenvalue weighted by Gasteiger charge is -2.12. The van der Waals surface area contributed by atoms with Crippen molar-refractivity contribution in [2.75, 3.05) is 0 Å². The summed E-state index contributed by atoms with van der Waals surface area (Å²) in [5.41, 5.74) is 2.70. The van der Waals surface area contributed by atoms with Crippen LogP contribution < -0.4 is 0 Å². The zero-order chi connectivity index (χ0) is 13.6. The lowest BCUT2D eigenvalue weighted by Crippen LogP contribution is -2.10. The van der Waals surface area contributed by atoms with Crippen LogP contribution in [0.15, 0.2) is 0 Å². The Morgan fingerprint density at radius 1 is 1.11 bits per heavy atom. The lowest BCUT2D eigenvalue weighted by atomic mass is 10.0. The van der Waals surface area contributed by atoms with Crippen molar-refractivity contribution in [1.82, 2.24) is 15.0 Å². The molecular formula is C16H27N3. The van der Waals surface area contributed by atoms with E-state index in [0.717, 1.165) is 30.1 Å². The van der Waals surface area contributed by atoms with Crippen molar-refractivity contribution in [3.05, 3.63) is 11.4 Å². The van der Waals surface area contributed by atoms with Gasteiger partial charge in [0, 0.05) is 6.04 Å². The van der Waals surface area contributed by atoms with Gasteiger partial charge in [-0.2, -0.15) is 0 Å². The maximum absolute atomic E-state index is 4.43. The maximum atomic E-state index is 4.43. The van der Waals surface area contributed by atoms with Gasteiger partial charge in [0.2, 0.25) is 0 Å². The molecule has 19 heavy (non-hydrogen) atoms. The molecule has 3 nitrogen and oxygen atoms in total. The fraction of sp³-hybridized carbons (Fsp3) is 0.875. The molecule has 2 aliphatic rings. The predicted octanol–water partition coefficient (Wildman–Crippen LogP) is 3.65. The summed E-state index contributed by atoms with van der Waals surface area (Å²) in [4.78, 5) is 0. The lowest BCUT2D eigenvalue weighted by molar-refractivity contribution is 0.475. The molecule has 1 aromatic rings. The van der Waals surface area contributed by atoms with Gasteiger partial charge < -0.3 is 0 Å². The minimum absolute atomic E-state index is 0.442. The van der Waals surface area contributed by atoms with Gasteiger partial charge in [0.15, 0.2) is 0 Å². The Labute approximate surface area is 116 Å². The Bertz CT molecular complexity index is 447. The molecular weight excluding hydrogens is 234 g/mol. The van der Waals surface area contributed by atoms with Gasteiger partial charge in [0.25, 0.3) is 0 Å². The molecule has 1 heterocycles. The highest BCUT2D eigenvalue weighted by atomic mass is 15.4. The molecule has 0 unspecified atom stereocenters. The molecule has 0 bridgehead atoms. The SMILES string of the molecule is CC(C)C[C@@H]1[C@@H]2CCc3nnn(C(C)C)c3CC[C@@H]21. The smallest absolute Gasteiger partial charge is 0.0859 e. The van der Waals surface area contributed by atoms with E-state index in [9.17, 15) is 0 Å². The summed E-state index contributed by atoms with van der Waals surface area (Å²) in [7, 11) is 0. The standard InChI is InChI=1S/C16H27N3/c1-10(2)9-14-12-5-7-15-16(8-6-13(12)14)19(11(3)4)18-17-15/h10-14H,5-9H2,1-4H3/t12-,13+,14-/m1/s1. The number of hydrogen-bond donors (Lipinski definition) is 0. The van der Waals surface area contributed by atoms with E-state index in [4.69, 9.17) is 0 Å². The molecule has 0 aromatic carbocycles. The molecule has 106 valence electrons. The molecule has 0 saturated heterocycles. The first kappa shape index (κ1) is 13.1. The zero-order valence-electron chi connectivity index (χ0n) is 12.8. The molecule has 3 rings (SSSR count). The zero-order valence-corrected chi connectivity index (χ0v) is 12.8. The Kier molecular flexibility index (Phi) is 3.40. The Hall–Kier alpha value is -0.860. The molecule has 1 aromatic heterocycles. The van der Waals surface area contributed by atoms with Gasteiger partial charge in [0.1, 0.15) is 0 Å². The number of hydrogen-bond acceptors (Lipinski definition) is 2. The Morgan fingerprint density at radius 3 is 2.42 bits per heavy atom. The Morgan fingerprint density at radius 2 is 1.79 bits per heavy atom. The van der Waals surface area contributed by atoms with Crippen molar-refractivity contribution in [3.8, 4) is 0 Å². The summed E-state index contributed by atoms with van der Waals surface area (Å²) < 4.78 is 2.15. The van der Waals surface area contributed by atoms with E-state index < -0.39 is 0 Å². The fourth-order valence-corrected chi connectivity index (χ4v) is 4.10. The summed E-state index contributed by atoms with van der Waals surface area (Å²) in [5, 5.41) is 8.79. The van der Waals surface area contributed by atoms with Crippen molar-refractivity contribution in [1.29, 1.82) is 0 Å². The van der Waals surface area contributed by atoms with Crippen molar-refractivity contribution in [3.63, 3.8) is 0 Å². The van der Waals surface area contributed by atoms with E-state index in [0.29, 0.717) is 6.04 Å². The van der Waals surface area contributed by atoms with E-state index in [-0.39, 0.29) is 0 Å². The minimum Gasteiger partial charge on any atom is -0.247 e. The highest BCUT2D eigenvalue weighted by Crippen LogP contribution is 2.55. The number of rotatable bonds is 3. The molecule has 1 saturated carbocycles. The van der Waals surface area contributed by atoms with Crippen LogP contribution in [0.3, 0.4) is 0 Å². The normalized spacial score (nSPS) is 29.9. The van der Waals surface area contributed by atoms with Crippen LogP contribution in [0.1, 0.15) is 64.4 Å². The predicted molar refractivity (Wildman–Crippen MR) is 77.0 cm³/mol. The summed E-state index contributed by atoms with van der Waals surface area (Å²) in [5.74, 6) is 3.83. The maximum Gasteiger partial charge on any atom is 0.0859 e. The molecule has 3 heteroatoms. The molecule has 0 spiro atoms. The van der Waals surface area contributed by atoms with Crippen LogP contribution in [-0.2, 0) is 12.8 Å². The first-order chi connectivity index (χ1) is 9.08. The molecule has 0 N–H and O–H groups in total. The minimum atomic E-state index is 0.442. The van der Waals surface area contributed by atoms with Crippen molar-refractivity contribution >= 4 is 0 Å². The van der Waals surface area contributed by atoms with Crippen LogP contribution in [-0.4, -0.2) is 15.0 Å². The van der Waals surface area contributed by atoms with Crippen LogP contribution in [0.5, 0.6) is 0 Å². The third-order valence-electron chi connectivity index (χ3n) is 5.04. The van der Waals surface area contributed by atoms with Crippen molar-refractivity contribution in [2.24, 2.45) is 23.7 Å². The third kappa shape index (κ3) is 2.44. The number of fused-ring (bicyclic) bond motifs is 2. The van der Waals surface area contributed by atoms with E-state index in [1.807, 2.05) is 0 Å². The summed E-state index contributed by atoms with van der Waals surface area (Å²) in [6.45, 7) is 9.13. The van der Waals surface area contributed by atoms with Gasteiger partial charge in [-0.1, -0.05) is 19.1 Å². The van der Waals surface area contributed by atoms with Gasteiger partial charge in [0.05, 0.1) is 11.4 Å². The topological polar surface area (TPSA) is 30.7 Å². The first-order valence-electron chi connectivity index (χ1n) is 8.00. The second-order valence-electron chi connectivity index (χ2n) is 7.22. The molecule has 1 fully saturated rings. The molecule has 0 amide bonds. The third-order valence-corrected chi connectivity index (χ3v) is 5.04. The summed E-state index contributed by atoms with van der Waals surface area (Å²) >= 11 is 0. The molecule has 0 aliphatic heterocycles. The fourth-order valence-electron chi connectivity index (χ4n) is 4.10. The van der Waals surface area contributed by atoms with E-state index in [1.165, 1.54) is 37.1 Å². The van der Waals surface area contributed by atoms with Crippen molar-refractivity contribution in [2.45, 2.75) is 65.8 Å². The largest absolute Gasteiger partial charge is 0.247 e. The summed E-state index contributed by atoms with van der Waals surface area (Å²) in [6.07, 6.45) is 6.46. The highest BCUT2D eigenvalue weighted by molar-refractivity contribution is 5.15. The summed E-state index contributed by atoms with van der Waals surface area (Å²) in [6, 6.07) is 0.442. The second-order valence-corrected chi connectivity index (χ2v) is 7.22. The average Bonchev–Trinajstić information content (AvgIpc) is 2.78.